The zero-order valence-corrected chi connectivity index (χ0v) is 8.93. The van der Waals surface area contributed by atoms with Gasteiger partial charge in [-0.05, 0) is 26.0 Å². The van der Waals surface area contributed by atoms with Gasteiger partial charge < -0.3 is 5.73 Å². The molecule has 0 saturated carbocycles. The van der Waals surface area contributed by atoms with E-state index in [2.05, 4.69) is 9.97 Å². The van der Waals surface area contributed by atoms with E-state index < -0.39 is 0 Å². The van der Waals surface area contributed by atoms with Crippen molar-refractivity contribution < 1.29 is 0 Å². The molecule has 0 aliphatic carbocycles. The highest BCUT2D eigenvalue weighted by molar-refractivity contribution is 7.13. The van der Waals surface area contributed by atoms with Crippen LogP contribution in [0.3, 0.4) is 0 Å². The fourth-order valence-electron chi connectivity index (χ4n) is 1.40. The maximum Gasteiger partial charge on any atom is 0.180 e. The van der Waals surface area contributed by atoms with Gasteiger partial charge in [0.15, 0.2) is 5.13 Å². The molecule has 2 aromatic rings. The summed E-state index contributed by atoms with van der Waals surface area (Å²) >= 11 is 1.46. The van der Waals surface area contributed by atoms with Crippen LogP contribution < -0.4 is 5.73 Å². The molecule has 0 radical (unpaired) electrons. The number of pyridine rings is 1. The average Bonchev–Trinajstić information content (AvgIpc) is 2.50. The molecule has 0 saturated heterocycles. The molecule has 72 valence electrons. The van der Waals surface area contributed by atoms with E-state index in [1.54, 1.807) is 0 Å². The number of hydrogen-bond acceptors (Lipinski definition) is 4. The van der Waals surface area contributed by atoms with E-state index in [0.29, 0.717) is 5.13 Å². The number of aryl methyl sites for hydroxylation is 2. The normalized spacial score (nSPS) is 10.4. The quantitative estimate of drug-likeness (QED) is 0.777. The van der Waals surface area contributed by atoms with E-state index in [1.165, 1.54) is 11.3 Å². The predicted octanol–water partition coefficient (Wildman–Crippen LogP) is 2.40. The monoisotopic (exact) mass is 205 g/mol. The Balaban J connectivity index is 2.51. The first-order chi connectivity index (χ1) is 6.65. The van der Waals surface area contributed by atoms with E-state index in [-0.39, 0.29) is 0 Å². The summed E-state index contributed by atoms with van der Waals surface area (Å²) in [4.78, 5) is 8.54. The van der Waals surface area contributed by atoms with Crippen LogP contribution in [0.25, 0.3) is 11.3 Å². The molecule has 0 fully saturated rings. The average molecular weight is 205 g/mol. The predicted molar refractivity (Wildman–Crippen MR) is 59.2 cm³/mol. The lowest BCUT2D eigenvalue weighted by Gasteiger charge is -2.00. The Kier molecular flexibility index (Phi) is 2.21. The van der Waals surface area contributed by atoms with Crippen LogP contribution in [-0.2, 0) is 0 Å². The molecule has 2 N–H and O–H groups in total. The first-order valence-corrected chi connectivity index (χ1v) is 5.20. The van der Waals surface area contributed by atoms with Crippen molar-refractivity contribution in [2.45, 2.75) is 13.8 Å². The van der Waals surface area contributed by atoms with E-state index in [0.717, 1.165) is 22.6 Å². The van der Waals surface area contributed by atoms with Crippen molar-refractivity contribution in [1.29, 1.82) is 0 Å². The highest BCUT2D eigenvalue weighted by Crippen LogP contribution is 2.23. The number of rotatable bonds is 1. The third kappa shape index (κ3) is 1.75. The second-order valence-corrected chi connectivity index (χ2v) is 4.10. The van der Waals surface area contributed by atoms with E-state index >= 15 is 0 Å². The maximum absolute atomic E-state index is 5.58. The van der Waals surface area contributed by atoms with Gasteiger partial charge in [0.25, 0.3) is 0 Å². The van der Waals surface area contributed by atoms with E-state index in [1.807, 2.05) is 31.4 Å². The summed E-state index contributed by atoms with van der Waals surface area (Å²) in [5.74, 6) is 0. The van der Waals surface area contributed by atoms with Crippen LogP contribution in [-0.4, -0.2) is 9.97 Å². The Hall–Kier alpha value is -1.42. The molecule has 0 aliphatic heterocycles. The van der Waals surface area contributed by atoms with Crippen molar-refractivity contribution in [1.82, 2.24) is 9.97 Å². The highest BCUT2D eigenvalue weighted by Gasteiger charge is 2.03. The van der Waals surface area contributed by atoms with Crippen LogP contribution in [0.1, 0.15) is 11.4 Å². The Bertz CT molecular complexity index is 442. The molecule has 0 bridgehead atoms. The van der Waals surface area contributed by atoms with Gasteiger partial charge in [-0.25, -0.2) is 4.98 Å². The minimum absolute atomic E-state index is 0.604. The van der Waals surface area contributed by atoms with Crippen molar-refractivity contribution in [3.8, 4) is 11.3 Å². The van der Waals surface area contributed by atoms with Gasteiger partial charge in [-0.15, -0.1) is 11.3 Å². The van der Waals surface area contributed by atoms with Crippen LogP contribution in [0.4, 0.5) is 5.13 Å². The minimum atomic E-state index is 0.604. The van der Waals surface area contributed by atoms with Gasteiger partial charge in [-0.3, -0.25) is 4.98 Å². The molecule has 0 atom stereocenters. The Morgan fingerprint density at radius 1 is 1.14 bits per heavy atom. The Morgan fingerprint density at radius 3 is 2.29 bits per heavy atom. The SMILES string of the molecule is Cc1cc(-c2csc(N)n2)cc(C)n1. The lowest BCUT2D eigenvalue weighted by Crippen LogP contribution is -1.88. The molecule has 3 nitrogen and oxygen atoms in total. The van der Waals surface area contributed by atoms with Crippen molar-refractivity contribution in [2.75, 3.05) is 5.73 Å². The smallest absolute Gasteiger partial charge is 0.180 e. The van der Waals surface area contributed by atoms with E-state index in [9.17, 15) is 0 Å². The number of nitrogens with zero attached hydrogens (tertiary/aromatic N) is 2. The van der Waals surface area contributed by atoms with E-state index in [4.69, 9.17) is 5.73 Å². The lowest BCUT2D eigenvalue weighted by atomic mass is 10.1. The van der Waals surface area contributed by atoms with Crippen molar-refractivity contribution >= 4 is 16.5 Å². The molecule has 0 aliphatic rings. The molecule has 14 heavy (non-hydrogen) atoms. The molecule has 2 aromatic heterocycles. The Labute approximate surface area is 86.6 Å². The third-order valence-electron chi connectivity index (χ3n) is 1.90. The molecule has 0 aromatic carbocycles. The summed E-state index contributed by atoms with van der Waals surface area (Å²) in [6.07, 6.45) is 0. The van der Waals surface area contributed by atoms with Gasteiger partial charge in [0, 0.05) is 22.3 Å². The molecule has 0 amide bonds. The van der Waals surface area contributed by atoms with Crippen LogP contribution in [0.15, 0.2) is 17.5 Å². The lowest BCUT2D eigenvalue weighted by molar-refractivity contribution is 1.12. The summed E-state index contributed by atoms with van der Waals surface area (Å²) in [7, 11) is 0. The zero-order chi connectivity index (χ0) is 10.1. The second-order valence-electron chi connectivity index (χ2n) is 3.21. The van der Waals surface area contributed by atoms with Crippen LogP contribution in [0, 0.1) is 13.8 Å². The standard InChI is InChI=1S/C10H11N3S/c1-6-3-8(4-7(2)12-6)9-5-14-10(11)13-9/h3-5H,1-2H3,(H2,11,13). The fourth-order valence-corrected chi connectivity index (χ4v) is 1.97. The van der Waals surface area contributed by atoms with Crippen molar-refractivity contribution in [2.24, 2.45) is 0 Å². The van der Waals surface area contributed by atoms with Crippen LogP contribution in [0.2, 0.25) is 0 Å². The maximum atomic E-state index is 5.58. The largest absolute Gasteiger partial charge is 0.375 e. The van der Waals surface area contributed by atoms with Gasteiger partial charge in [0.1, 0.15) is 0 Å². The number of nitrogen functional groups attached to an aromatic ring is 1. The minimum Gasteiger partial charge on any atom is -0.375 e. The highest BCUT2D eigenvalue weighted by atomic mass is 32.1. The van der Waals surface area contributed by atoms with Gasteiger partial charge in [-0.1, -0.05) is 0 Å². The Morgan fingerprint density at radius 2 is 1.79 bits per heavy atom. The molecule has 4 heteroatoms. The molecular weight excluding hydrogens is 194 g/mol. The van der Waals surface area contributed by atoms with Crippen molar-refractivity contribution in [3.05, 3.63) is 28.9 Å². The van der Waals surface area contributed by atoms with Gasteiger partial charge >= 0.3 is 0 Å². The summed E-state index contributed by atoms with van der Waals surface area (Å²) in [5.41, 5.74) is 9.61. The molecule has 0 unspecified atom stereocenters. The molecule has 2 heterocycles. The summed E-state index contributed by atoms with van der Waals surface area (Å²) < 4.78 is 0. The fraction of sp³-hybridized carbons (Fsp3) is 0.200. The summed E-state index contributed by atoms with van der Waals surface area (Å²) in [5, 5.41) is 2.57. The van der Waals surface area contributed by atoms with Gasteiger partial charge in [-0.2, -0.15) is 0 Å². The number of nitrogens with two attached hydrogens (primary N) is 1. The topological polar surface area (TPSA) is 51.8 Å². The molecule has 0 spiro atoms. The number of aromatic nitrogens is 2. The van der Waals surface area contributed by atoms with Crippen LogP contribution in [0.5, 0.6) is 0 Å². The molecule has 2 rings (SSSR count). The zero-order valence-electron chi connectivity index (χ0n) is 8.11. The van der Waals surface area contributed by atoms with Crippen molar-refractivity contribution in [3.63, 3.8) is 0 Å². The first-order valence-electron chi connectivity index (χ1n) is 4.32. The number of anilines is 1. The van der Waals surface area contributed by atoms with Crippen LogP contribution >= 0.6 is 11.3 Å². The number of thiazole rings is 1. The summed E-state index contributed by atoms with van der Waals surface area (Å²) in [6, 6.07) is 4.03. The summed E-state index contributed by atoms with van der Waals surface area (Å²) in [6.45, 7) is 3.96. The third-order valence-corrected chi connectivity index (χ3v) is 2.57. The van der Waals surface area contributed by atoms with Gasteiger partial charge in [0.2, 0.25) is 0 Å². The second kappa shape index (κ2) is 3.38. The van der Waals surface area contributed by atoms with Gasteiger partial charge in [0.05, 0.1) is 5.69 Å². The molecular formula is C10H11N3S. The number of hydrogen-bond donors (Lipinski definition) is 1. The first kappa shape index (κ1) is 9.15.